The van der Waals surface area contributed by atoms with Crippen molar-refractivity contribution < 1.29 is 18.8 Å². The summed E-state index contributed by atoms with van der Waals surface area (Å²) >= 11 is 0. The van der Waals surface area contributed by atoms with E-state index in [1.807, 2.05) is 39.1 Å². The van der Waals surface area contributed by atoms with Gasteiger partial charge in [-0.05, 0) is 50.7 Å². The molecule has 0 amide bonds. The number of nitrogens with zero attached hydrogens (tertiary/aromatic N) is 4. The van der Waals surface area contributed by atoms with Gasteiger partial charge in [0, 0.05) is 24.2 Å². The minimum atomic E-state index is -0.448. The fraction of sp³-hybridized carbons (Fsp3) is 0.333. The van der Waals surface area contributed by atoms with Crippen LogP contribution in [0.5, 0.6) is 11.5 Å². The Bertz CT molecular complexity index is 1000. The first-order valence-electron chi connectivity index (χ1n) is 9.51. The molecule has 0 aliphatic heterocycles. The molecule has 158 valence electrons. The Kier molecular flexibility index (Phi) is 6.63. The number of nitro benzene ring substituents is 1. The smallest absolute Gasteiger partial charge is 0.269 e. The fourth-order valence-electron chi connectivity index (χ4n) is 2.94. The molecule has 0 saturated carbocycles. The Hall–Kier alpha value is -3.46. The van der Waals surface area contributed by atoms with E-state index >= 15 is 0 Å². The van der Waals surface area contributed by atoms with Crippen LogP contribution in [-0.2, 0) is 6.54 Å². The molecule has 3 rings (SSSR count). The van der Waals surface area contributed by atoms with Crippen molar-refractivity contribution in [2.75, 3.05) is 20.8 Å². The molecule has 0 N–H and O–H groups in total. The van der Waals surface area contributed by atoms with Crippen LogP contribution in [0.2, 0.25) is 0 Å². The minimum absolute atomic E-state index is 0.0115. The van der Waals surface area contributed by atoms with Gasteiger partial charge in [0.25, 0.3) is 5.69 Å². The van der Waals surface area contributed by atoms with Gasteiger partial charge in [0.1, 0.15) is 0 Å². The third-order valence-corrected chi connectivity index (χ3v) is 4.74. The van der Waals surface area contributed by atoms with Gasteiger partial charge >= 0.3 is 0 Å². The number of hydrogen-bond acceptors (Lipinski definition) is 8. The topological polar surface area (TPSA) is 104 Å². The van der Waals surface area contributed by atoms with E-state index in [4.69, 9.17) is 13.9 Å². The van der Waals surface area contributed by atoms with E-state index in [-0.39, 0.29) is 11.7 Å². The Balaban J connectivity index is 1.71. The highest BCUT2D eigenvalue weighted by molar-refractivity contribution is 5.55. The van der Waals surface area contributed by atoms with Crippen molar-refractivity contribution in [3.8, 4) is 23.0 Å². The average molecular weight is 412 g/mol. The molecule has 30 heavy (non-hydrogen) atoms. The van der Waals surface area contributed by atoms with Crippen LogP contribution in [-0.4, -0.2) is 40.8 Å². The van der Waals surface area contributed by atoms with E-state index in [1.54, 1.807) is 19.2 Å². The number of hydrogen-bond donors (Lipinski definition) is 0. The van der Waals surface area contributed by atoms with Gasteiger partial charge in [0.2, 0.25) is 11.8 Å². The molecule has 0 fully saturated rings. The van der Waals surface area contributed by atoms with E-state index in [1.165, 1.54) is 12.1 Å². The number of methoxy groups -OCH3 is 1. The largest absolute Gasteiger partial charge is 0.493 e. The van der Waals surface area contributed by atoms with Gasteiger partial charge in [-0.15, -0.1) is 10.2 Å². The minimum Gasteiger partial charge on any atom is -0.493 e. The Labute approximate surface area is 174 Å². The molecule has 0 aliphatic rings. The van der Waals surface area contributed by atoms with Crippen LogP contribution in [0.15, 0.2) is 46.9 Å². The summed E-state index contributed by atoms with van der Waals surface area (Å²) in [5.74, 6) is 2.18. The van der Waals surface area contributed by atoms with E-state index in [0.717, 1.165) is 5.56 Å². The number of non-ortho nitro benzene ring substituents is 1. The highest BCUT2D eigenvalue weighted by atomic mass is 16.6. The molecule has 1 atom stereocenters. The molecule has 0 aliphatic carbocycles. The average Bonchev–Trinajstić information content (AvgIpc) is 3.24. The molecular formula is C21H24N4O5. The third kappa shape index (κ3) is 4.74. The monoisotopic (exact) mass is 412 g/mol. The summed E-state index contributed by atoms with van der Waals surface area (Å²) in [6.45, 7) is 5.11. The van der Waals surface area contributed by atoms with E-state index < -0.39 is 4.92 Å². The van der Waals surface area contributed by atoms with Crippen LogP contribution in [0.1, 0.15) is 31.3 Å². The summed E-state index contributed by atoms with van der Waals surface area (Å²) in [6, 6.07) is 11.7. The Morgan fingerprint density at radius 1 is 1.17 bits per heavy atom. The lowest BCUT2D eigenvalue weighted by Crippen LogP contribution is -2.22. The van der Waals surface area contributed by atoms with Crippen LogP contribution < -0.4 is 9.47 Å². The summed E-state index contributed by atoms with van der Waals surface area (Å²) in [5.41, 5.74) is 1.70. The maximum Gasteiger partial charge on any atom is 0.269 e. The molecular weight excluding hydrogens is 388 g/mol. The second kappa shape index (κ2) is 9.36. The molecule has 0 saturated heterocycles. The number of ether oxygens (including phenoxy) is 2. The van der Waals surface area contributed by atoms with Gasteiger partial charge in [-0.25, -0.2) is 0 Å². The van der Waals surface area contributed by atoms with E-state index in [9.17, 15) is 10.1 Å². The van der Waals surface area contributed by atoms with Crippen LogP contribution in [0.25, 0.3) is 11.5 Å². The van der Waals surface area contributed by atoms with Crippen LogP contribution in [0, 0.1) is 10.1 Å². The summed E-state index contributed by atoms with van der Waals surface area (Å²) in [6.07, 6.45) is 0. The molecule has 9 nitrogen and oxygen atoms in total. The molecule has 3 aromatic rings. The summed E-state index contributed by atoms with van der Waals surface area (Å²) in [4.78, 5) is 12.4. The van der Waals surface area contributed by atoms with Crippen molar-refractivity contribution in [2.45, 2.75) is 26.4 Å². The molecule has 0 bridgehead atoms. The standard InChI is InChI=1S/C21H24N4O5/c1-5-29-18-11-6-15(12-19(18)28-4)13-24(3)14(2)20-22-23-21(30-20)16-7-9-17(10-8-16)25(26)27/h6-12,14H,5,13H2,1-4H3/t14-/m1/s1. The normalized spacial score (nSPS) is 12.0. The molecule has 1 aromatic heterocycles. The van der Waals surface area contributed by atoms with Gasteiger partial charge in [-0.1, -0.05) is 6.07 Å². The van der Waals surface area contributed by atoms with E-state index in [0.29, 0.717) is 42.0 Å². The summed E-state index contributed by atoms with van der Waals surface area (Å²) < 4.78 is 16.8. The van der Waals surface area contributed by atoms with Gasteiger partial charge < -0.3 is 13.9 Å². The number of aromatic nitrogens is 2. The highest BCUT2D eigenvalue weighted by Crippen LogP contribution is 2.30. The van der Waals surface area contributed by atoms with Crippen LogP contribution in [0.3, 0.4) is 0 Å². The Morgan fingerprint density at radius 2 is 1.90 bits per heavy atom. The lowest BCUT2D eigenvalue weighted by molar-refractivity contribution is -0.384. The third-order valence-electron chi connectivity index (χ3n) is 4.74. The van der Waals surface area contributed by atoms with Crippen molar-refractivity contribution in [1.82, 2.24) is 15.1 Å². The van der Waals surface area contributed by atoms with Gasteiger partial charge in [-0.2, -0.15) is 0 Å². The highest BCUT2D eigenvalue weighted by Gasteiger charge is 2.20. The summed E-state index contributed by atoms with van der Waals surface area (Å²) in [5, 5.41) is 19.0. The molecule has 0 radical (unpaired) electrons. The quantitative estimate of drug-likeness (QED) is 0.380. The molecule has 9 heteroatoms. The van der Waals surface area contributed by atoms with Gasteiger partial charge in [0.15, 0.2) is 11.5 Å². The first kappa shape index (κ1) is 21.3. The second-order valence-electron chi connectivity index (χ2n) is 6.76. The zero-order valence-electron chi connectivity index (χ0n) is 17.4. The molecule has 2 aromatic carbocycles. The maximum absolute atomic E-state index is 10.8. The zero-order chi connectivity index (χ0) is 21.7. The predicted molar refractivity (Wildman–Crippen MR) is 110 cm³/mol. The SMILES string of the molecule is CCOc1ccc(CN(C)[C@H](C)c2nnc(-c3ccc([N+](=O)[O-])cc3)o2)cc1OC. The molecule has 1 heterocycles. The second-order valence-corrected chi connectivity index (χ2v) is 6.76. The maximum atomic E-state index is 10.8. The van der Waals surface area contributed by atoms with Crippen molar-refractivity contribution in [3.63, 3.8) is 0 Å². The number of benzene rings is 2. The number of nitro groups is 1. The lowest BCUT2D eigenvalue weighted by Gasteiger charge is -2.22. The Morgan fingerprint density at radius 3 is 2.53 bits per heavy atom. The van der Waals surface area contributed by atoms with Crippen molar-refractivity contribution in [3.05, 3.63) is 64.0 Å². The molecule has 0 spiro atoms. The number of rotatable bonds is 9. The zero-order valence-corrected chi connectivity index (χ0v) is 17.4. The van der Waals surface area contributed by atoms with Crippen LogP contribution in [0.4, 0.5) is 5.69 Å². The first-order chi connectivity index (χ1) is 14.4. The van der Waals surface area contributed by atoms with Crippen molar-refractivity contribution >= 4 is 5.69 Å². The van der Waals surface area contributed by atoms with Gasteiger partial charge in [0.05, 0.1) is 24.7 Å². The van der Waals surface area contributed by atoms with Crippen LogP contribution >= 0.6 is 0 Å². The van der Waals surface area contributed by atoms with Gasteiger partial charge in [-0.3, -0.25) is 15.0 Å². The van der Waals surface area contributed by atoms with Crippen molar-refractivity contribution in [2.24, 2.45) is 0 Å². The lowest BCUT2D eigenvalue weighted by atomic mass is 10.1. The van der Waals surface area contributed by atoms with E-state index in [2.05, 4.69) is 15.1 Å². The first-order valence-corrected chi connectivity index (χ1v) is 9.51. The summed E-state index contributed by atoms with van der Waals surface area (Å²) in [7, 11) is 3.58. The predicted octanol–water partition coefficient (Wildman–Crippen LogP) is 4.25. The molecule has 0 unspecified atom stereocenters. The van der Waals surface area contributed by atoms with Crippen molar-refractivity contribution in [1.29, 1.82) is 0 Å². The fourth-order valence-corrected chi connectivity index (χ4v) is 2.94.